The second-order valence-electron chi connectivity index (χ2n) is 6.87. The van der Waals surface area contributed by atoms with E-state index in [2.05, 4.69) is 0 Å². The fourth-order valence-corrected chi connectivity index (χ4v) is 3.34. The summed E-state index contributed by atoms with van der Waals surface area (Å²) in [5, 5.41) is 0. The van der Waals surface area contributed by atoms with Crippen LogP contribution in [0.5, 0.6) is 17.2 Å². The smallest absolute Gasteiger partial charge is 0.232 e. The normalized spacial score (nSPS) is 13.7. The Kier molecular flexibility index (Phi) is 5.35. The summed E-state index contributed by atoms with van der Waals surface area (Å²) in [6.45, 7) is 1.72. The molecule has 1 aliphatic heterocycles. The minimum atomic E-state index is -0.194. The minimum Gasteiger partial charge on any atom is -0.496 e. The largest absolute Gasteiger partial charge is 0.496 e. The fourth-order valence-electron chi connectivity index (χ4n) is 3.34. The van der Waals surface area contributed by atoms with E-state index in [0.717, 1.165) is 11.1 Å². The van der Waals surface area contributed by atoms with E-state index in [0.29, 0.717) is 28.4 Å². The first-order valence-electron chi connectivity index (χ1n) is 9.50. The van der Waals surface area contributed by atoms with Crippen molar-refractivity contribution >= 4 is 17.6 Å². The summed E-state index contributed by atoms with van der Waals surface area (Å²) in [5.41, 5.74) is 2.56. The molecule has 0 N–H and O–H groups in total. The molecule has 3 aromatic rings. The summed E-state index contributed by atoms with van der Waals surface area (Å²) < 4.78 is 16.8. The molecule has 0 saturated carbocycles. The number of methoxy groups -OCH3 is 1. The third-order valence-electron chi connectivity index (χ3n) is 4.83. The van der Waals surface area contributed by atoms with Crippen molar-refractivity contribution < 1.29 is 23.8 Å². The van der Waals surface area contributed by atoms with E-state index >= 15 is 0 Å². The molecule has 0 fully saturated rings. The molecule has 1 aliphatic rings. The van der Waals surface area contributed by atoms with E-state index in [1.54, 1.807) is 37.5 Å². The number of allylic oxidation sites excluding steroid dienone is 1. The average molecular weight is 400 g/mol. The summed E-state index contributed by atoms with van der Waals surface area (Å²) in [5.74, 6) is 1.45. The molecule has 0 spiro atoms. The Balaban J connectivity index is 1.55. The van der Waals surface area contributed by atoms with E-state index < -0.39 is 0 Å². The molecule has 1 heterocycles. The summed E-state index contributed by atoms with van der Waals surface area (Å²) in [7, 11) is 1.58. The van der Waals surface area contributed by atoms with Crippen molar-refractivity contribution in [2.45, 2.75) is 6.92 Å². The SMILES string of the molecule is COc1ccccc1/C=C1\Oc2cc(OCC(=O)c3ccccc3)cc(C)c2C1=O. The first kappa shape index (κ1) is 19.5. The molecule has 5 heteroatoms. The van der Waals surface area contributed by atoms with Gasteiger partial charge in [0.1, 0.15) is 17.2 Å². The van der Waals surface area contributed by atoms with Crippen molar-refractivity contribution in [3.8, 4) is 17.2 Å². The Morgan fingerprint density at radius 1 is 1.03 bits per heavy atom. The molecular formula is C25H20O5. The molecule has 0 saturated heterocycles. The van der Waals surface area contributed by atoms with Crippen molar-refractivity contribution in [1.82, 2.24) is 0 Å². The Hall–Kier alpha value is -3.86. The number of ether oxygens (including phenoxy) is 3. The topological polar surface area (TPSA) is 61.8 Å². The highest BCUT2D eigenvalue weighted by Gasteiger charge is 2.30. The van der Waals surface area contributed by atoms with Gasteiger partial charge in [0, 0.05) is 17.2 Å². The highest BCUT2D eigenvalue weighted by molar-refractivity contribution is 6.15. The predicted molar refractivity (Wildman–Crippen MR) is 113 cm³/mol. The standard InChI is InChI=1S/C25H20O5/c1-16-12-19(29-15-20(26)17-8-4-3-5-9-17)14-22-24(16)25(27)23(30-22)13-18-10-6-7-11-21(18)28-2/h3-14H,15H2,1-2H3/b23-13-. The quantitative estimate of drug-likeness (QED) is 0.436. The molecule has 0 atom stereocenters. The predicted octanol–water partition coefficient (Wildman–Crippen LogP) is 4.88. The highest BCUT2D eigenvalue weighted by Crippen LogP contribution is 2.38. The lowest BCUT2D eigenvalue weighted by Crippen LogP contribution is -2.11. The van der Waals surface area contributed by atoms with Gasteiger partial charge in [0.15, 0.2) is 18.1 Å². The maximum Gasteiger partial charge on any atom is 0.232 e. The zero-order chi connectivity index (χ0) is 21.1. The number of ketones is 2. The second kappa shape index (κ2) is 8.25. The van der Waals surface area contributed by atoms with Gasteiger partial charge in [-0.15, -0.1) is 0 Å². The fraction of sp³-hybridized carbons (Fsp3) is 0.120. The van der Waals surface area contributed by atoms with Crippen LogP contribution in [-0.4, -0.2) is 25.3 Å². The molecular weight excluding hydrogens is 380 g/mol. The Morgan fingerprint density at radius 2 is 1.77 bits per heavy atom. The number of carbonyl (C=O) groups excluding carboxylic acids is 2. The van der Waals surface area contributed by atoms with E-state index in [4.69, 9.17) is 14.2 Å². The van der Waals surface area contributed by atoms with Crippen molar-refractivity contribution in [2.24, 2.45) is 0 Å². The maximum absolute atomic E-state index is 12.9. The first-order valence-corrected chi connectivity index (χ1v) is 9.50. The number of carbonyl (C=O) groups is 2. The second-order valence-corrected chi connectivity index (χ2v) is 6.87. The Labute approximate surface area is 174 Å². The molecule has 3 aromatic carbocycles. The van der Waals surface area contributed by atoms with Gasteiger partial charge < -0.3 is 14.2 Å². The highest BCUT2D eigenvalue weighted by atomic mass is 16.5. The van der Waals surface area contributed by atoms with Gasteiger partial charge in [0.25, 0.3) is 0 Å². The van der Waals surface area contributed by atoms with Crippen LogP contribution < -0.4 is 14.2 Å². The van der Waals surface area contributed by atoms with Crippen LogP contribution in [0.4, 0.5) is 0 Å². The minimum absolute atomic E-state index is 0.0971. The molecule has 0 radical (unpaired) electrons. The van der Waals surface area contributed by atoms with E-state index in [1.165, 1.54) is 0 Å². The number of rotatable bonds is 6. The molecule has 0 unspecified atom stereocenters. The van der Waals surface area contributed by atoms with Crippen LogP contribution in [-0.2, 0) is 0 Å². The summed E-state index contributed by atoms with van der Waals surface area (Å²) in [4.78, 5) is 25.1. The summed E-state index contributed by atoms with van der Waals surface area (Å²) >= 11 is 0. The van der Waals surface area contributed by atoms with Crippen LogP contribution in [0.3, 0.4) is 0 Å². The van der Waals surface area contributed by atoms with E-state index in [9.17, 15) is 9.59 Å². The lowest BCUT2D eigenvalue weighted by atomic mass is 10.0. The number of hydrogen-bond donors (Lipinski definition) is 0. The van der Waals surface area contributed by atoms with Crippen LogP contribution in [0.2, 0.25) is 0 Å². The van der Waals surface area contributed by atoms with Gasteiger partial charge in [0.05, 0.1) is 12.7 Å². The van der Waals surface area contributed by atoms with Gasteiger partial charge in [-0.25, -0.2) is 0 Å². The molecule has 4 rings (SSSR count). The zero-order valence-electron chi connectivity index (χ0n) is 16.7. The number of benzene rings is 3. The van der Waals surface area contributed by atoms with E-state index in [1.807, 2.05) is 49.4 Å². The van der Waals surface area contributed by atoms with Crippen molar-refractivity contribution in [3.63, 3.8) is 0 Å². The molecule has 0 aromatic heterocycles. The lowest BCUT2D eigenvalue weighted by molar-refractivity contribution is 0.0920. The average Bonchev–Trinajstić information content (AvgIpc) is 3.08. The first-order chi connectivity index (χ1) is 14.6. The molecule has 0 bridgehead atoms. The van der Waals surface area contributed by atoms with Crippen molar-refractivity contribution in [3.05, 3.63) is 94.7 Å². The van der Waals surface area contributed by atoms with Crippen molar-refractivity contribution in [2.75, 3.05) is 13.7 Å². The van der Waals surface area contributed by atoms with Crippen LogP contribution in [0.25, 0.3) is 6.08 Å². The van der Waals surface area contributed by atoms with Crippen LogP contribution in [0, 0.1) is 6.92 Å². The van der Waals surface area contributed by atoms with Crippen molar-refractivity contribution in [1.29, 1.82) is 0 Å². The Bertz CT molecular complexity index is 1150. The number of fused-ring (bicyclic) bond motifs is 1. The number of Topliss-reactive ketones (excluding diaryl/α,β-unsaturated/α-hetero) is 2. The van der Waals surface area contributed by atoms with Gasteiger partial charge in [-0.2, -0.15) is 0 Å². The van der Waals surface area contributed by atoms with Crippen LogP contribution in [0.15, 0.2) is 72.5 Å². The number of aryl methyl sites for hydroxylation is 1. The zero-order valence-corrected chi connectivity index (χ0v) is 16.7. The monoisotopic (exact) mass is 400 g/mol. The number of para-hydroxylation sites is 1. The van der Waals surface area contributed by atoms with Gasteiger partial charge in [-0.1, -0.05) is 48.5 Å². The van der Waals surface area contributed by atoms with Gasteiger partial charge in [-0.05, 0) is 30.7 Å². The summed E-state index contributed by atoms with van der Waals surface area (Å²) in [6, 6.07) is 19.7. The third kappa shape index (κ3) is 3.82. The lowest BCUT2D eigenvalue weighted by Gasteiger charge is -2.09. The van der Waals surface area contributed by atoms with E-state index in [-0.39, 0.29) is 23.9 Å². The van der Waals surface area contributed by atoms with Crippen LogP contribution in [0.1, 0.15) is 31.8 Å². The summed E-state index contributed by atoms with van der Waals surface area (Å²) in [6.07, 6.45) is 1.67. The molecule has 150 valence electrons. The van der Waals surface area contributed by atoms with Crippen LogP contribution >= 0.6 is 0 Å². The number of hydrogen-bond acceptors (Lipinski definition) is 5. The molecule has 0 amide bonds. The van der Waals surface area contributed by atoms with Gasteiger partial charge in [-0.3, -0.25) is 9.59 Å². The maximum atomic E-state index is 12.9. The van der Waals surface area contributed by atoms with Gasteiger partial charge >= 0.3 is 0 Å². The molecule has 5 nitrogen and oxygen atoms in total. The van der Waals surface area contributed by atoms with Gasteiger partial charge in [0.2, 0.25) is 5.78 Å². The molecule has 0 aliphatic carbocycles. The third-order valence-corrected chi connectivity index (χ3v) is 4.83. The molecule has 30 heavy (non-hydrogen) atoms. The Morgan fingerprint density at radius 3 is 2.53 bits per heavy atom.